The monoisotopic (exact) mass is 438 g/mol. The van der Waals surface area contributed by atoms with Gasteiger partial charge >= 0.3 is 92.4 Å². The van der Waals surface area contributed by atoms with Crippen LogP contribution in [0.5, 0.6) is 0 Å². The Morgan fingerprint density at radius 2 is 1.38 bits per heavy atom. The summed E-state index contributed by atoms with van der Waals surface area (Å²) in [5.74, 6) is -1.17. The van der Waals surface area contributed by atoms with E-state index in [2.05, 4.69) is 20.8 Å². The van der Waals surface area contributed by atoms with E-state index < -0.39 is 25.7 Å². The molecule has 0 aliphatic rings. The maximum Gasteiger partial charge on any atom is 0.0643 e. The number of unbranched alkanes of at least 4 members (excludes halogenated alkanes) is 3. The molecule has 0 spiro atoms. The number of rotatable bonds is 11. The van der Waals surface area contributed by atoms with Gasteiger partial charge in [-0.25, -0.2) is 0 Å². The van der Waals surface area contributed by atoms with Gasteiger partial charge in [0.25, 0.3) is 0 Å². The molecule has 2 nitrogen and oxygen atoms in total. The molecule has 0 amide bonds. The number of carboxylic acids is 1. The van der Waals surface area contributed by atoms with Gasteiger partial charge in [-0.3, -0.25) is 0 Å². The quantitative estimate of drug-likeness (QED) is 0.347. The molecule has 0 radical (unpaired) electrons. The average Bonchev–Trinajstić information content (AvgIpc) is 2.61. The topological polar surface area (TPSA) is 40.1 Å². The molecular weight excluding hydrogens is 403 g/mol. The molecule has 1 aromatic rings. The van der Waals surface area contributed by atoms with E-state index in [1.165, 1.54) is 44.6 Å². The van der Waals surface area contributed by atoms with Crippen LogP contribution in [0.15, 0.2) is 36.4 Å². The normalized spacial score (nSPS) is 10.3. The number of carbonyl (C=O) groups excluding carboxylic acids is 1. The molecule has 1 aromatic carbocycles. The molecular formula is C21H34O2Sn. The summed E-state index contributed by atoms with van der Waals surface area (Å²) in [4.78, 5) is 9.97. The Kier molecular flexibility index (Phi) is 16.5. The minimum absolute atomic E-state index is 0.839. The van der Waals surface area contributed by atoms with Gasteiger partial charge in [0.05, 0.1) is 5.97 Å². The SMILES string of the molecule is CCC[CH2][Sn+]([CH2]CCC)[CH2]CCC.O=C([O-])/C=C/c1ccccc1. The Hall–Kier alpha value is -0.771. The van der Waals surface area contributed by atoms with Crippen LogP contribution in [0.2, 0.25) is 13.3 Å². The van der Waals surface area contributed by atoms with E-state index in [0.717, 1.165) is 11.6 Å². The molecule has 0 bridgehead atoms. The molecule has 1 rings (SSSR count). The third kappa shape index (κ3) is 14.8. The van der Waals surface area contributed by atoms with E-state index >= 15 is 0 Å². The van der Waals surface area contributed by atoms with Crippen LogP contribution >= 0.6 is 0 Å². The van der Waals surface area contributed by atoms with Crippen LogP contribution in [0.3, 0.4) is 0 Å². The summed E-state index contributed by atoms with van der Waals surface area (Å²) in [5, 5.41) is 9.97. The van der Waals surface area contributed by atoms with Crippen molar-refractivity contribution in [1.29, 1.82) is 0 Å². The molecule has 24 heavy (non-hydrogen) atoms. The number of carbonyl (C=O) groups is 1. The number of benzene rings is 1. The number of carboxylic acid groups (broad SMARTS) is 1. The maximum absolute atomic E-state index is 9.97. The fourth-order valence-electron chi connectivity index (χ4n) is 2.38. The van der Waals surface area contributed by atoms with Gasteiger partial charge in [-0.15, -0.1) is 0 Å². The van der Waals surface area contributed by atoms with Crippen molar-refractivity contribution in [1.82, 2.24) is 0 Å². The van der Waals surface area contributed by atoms with E-state index in [9.17, 15) is 9.90 Å². The first-order chi connectivity index (χ1) is 11.6. The van der Waals surface area contributed by atoms with Crippen molar-refractivity contribution < 1.29 is 9.90 Å². The molecule has 0 atom stereocenters. The third-order valence-corrected chi connectivity index (χ3v) is 12.9. The maximum atomic E-state index is 9.97. The molecule has 0 aliphatic heterocycles. The van der Waals surface area contributed by atoms with Gasteiger partial charge in [0.2, 0.25) is 0 Å². The number of hydrogen-bond acceptors (Lipinski definition) is 2. The van der Waals surface area contributed by atoms with Gasteiger partial charge in [0.15, 0.2) is 0 Å². The first-order valence-corrected chi connectivity index (χ1v) is 15.5. The second kappa shape index (κ2) is 17.1. The van der Waals surface area contributed by atoms with Crippen LogP contribution in [-0.2, 0) is 4.79 Å². The summed E-state index contributed by atoms with van der Waals surface area (Å²) >= 11 is -0.839. The minimum atomic E-state index is -1.17. The second-order valence-electron chi connectivity index (χ2n) is 6.12. The van der Waals surface area contributed by atoms with Crippen molar-refractivity contribution in [2.75, 3.05) is 0 Å². The van der Waals surface area contributed by atoms with Crippen molar-refractivity contribution in [3.05, 3.63) is 42.0 Å². The predicted molar refractivity (Wildman–Crippen MR) is 105 cm³/mol. The Morgan fingerprint density at radius 1 is 0.917 bits per heavy atom. The summed E-state index contributed by atoms with van der Waals surface area (Å²) in [5.41, 5.74) is 0.858. The Labute approximate surface area is 156 Å². The van der Waals surface area contributed by atoms with Crippen molar-refractivity contribution in [3.63, 3.8) is 0 Å². The zero-order valence-electron chi connectivity index (χ0n) is 15.7. The van der Waals surface area contributed by atoms with Crippen LogP contribution in [-0.4, -0.2) is 25.7 Å². The van der Waals surface area contributed by atoms with Crippen LogP contribution in [0, 0.1) is 0 Å². The fourth-order valence-corrected chi connectivity index (χ4v) is 11.8. The molecule has 0 fully saturated rings. The van der Waals surface area contributed by atoms with Gasteiger partial charge < -0.3 is 9.90 Å². The van der Waals surface area contributed by atoms with Crippen LogP contribution < -0.4 is 5.11 Å². The largest absolute Gasteiger partial charge is 0.545 e. The summed E-state index contributed by atoms with van der Waals surface area (Å²) in [6.45, 7) is 7.00. The van der Waals surface area contributed by atoms with Crippen molar-refractivity contribution >= 4 is 31.8 Å². The van der Waals surface area contributed by atoms with E-state index in [-0.39, 0.29) is 0 Å². The number of hydrogen-bond donors (Lipinski definition) is 0. The minimum Gasteiger partial charge on any atom is -0.545 e. The zero-order chi connectivity index (χ0) is 18.0. The summed E-state index contributed by atoms with van der Waals surface area (Å²) in [7, 11) is 0. The van der Waals surface area contributed by atoms with Gasteiger partial charge in [-0.1, -0.05) is 36.4 Å². The van der Waals surface area contributed by atoms with Crippen LogP contribution in [0.25, 0.3) is 6.08 Å². The van der Waals surface area contributed by atoms with Crippen LogP contribution in [0.1, 0.15) is 64.9 Å². The molecule has 0 heterocycles. The average molecular weight is 437 g/mol. The fraction of sp³-hybridized carbons (Fsp3) is 0.571. The van der Waals surface area contributed by atoms with Gasteiger partial charge in [0.1, 0.15) is 0 Å². The molecule has 134 valence electrons. The van der Waals surface area contributed by atoms with E-state index in [4.69, 9.17) is 0 Å². The molecule has 0 unspecified atom stereocenters. The smallest absolute Gasteiger partial charge is 0.0643 e. The molecule has 3 heteroatoms. The van der Waals surface area contributed by atoms with E-state index in [0.29, 0.717) is 0 Å². The summed E-state index contributed by atoms with van der Waals surface area (Å²) in [6.07, 6.45) is 11.4. The molecule has 0 N–H and O–H groups in total. The molecule has 0 aromatic heterocycles. The molecule has 0 saturated carbocycles. The van der Waals surface area contributed by atoms with Gasteiger partial charge in [-0.05, 0) is 11.6 Å². The first-order valence-electron chi connectivity index (χ1n) is 9.41. The van der Waals surface area contributed by atoms with Crippen molar-refractivity contribution in [3.8, 4) is 0 Å². The van der Waals surface area contributed by atoms with Crippen molar-refractivity contribution in [2.24, 2.45) is 0 Å². The summed E-state index contributed by atoms with van der Waals surface area (Å²) < 4.78 is 5.04. The van der Waals surface area contributed by atoms with Crippen LogP contribution in [0.4, 0.5) is 0 Å². The Balaban J connectivity index is 0.000000446. The standard InChI is InChI=1S/C9H8O2.3C4H9.Sn/c10-9(11)7-6-8-4-2-1-3-5-8;3*1-3-4-2;/h1-7H,(H,10,11);3*1,3-4H2,2H3;/q;;;;+1/p-1/b7-6+;;;;. The van der Waals surface area contributed by atoms with E-state index in [1.807, 2.05) is 30.3 Å². The number of aliphatic carboxylic acids is 1. The second-order valence-corrected chi connectivity index (χ2v) is 14.7. The zero-order valence-corrected chi connectivity index (χ0v) is 18.6. The van der Waals surface area contributed by atoms with E-state index in [1.54, 1.807) is 13.3 Å². The third-order valence-electron chi connectivity index (χ3n) is 3.86. The first kappa shape index (κ1) is 23.2. The van der Waals surface area contributed by atoms with Gasteiger partial charge in [-0.2, -0.15) is 0 Å². The predicted octanol–water partition coefficient (Wildman–Crippen LogP) is 5.33. The molecule has 0 aliphatic carbocycles. The van der Waals surface area contributed by atoms with Gasteiger partial charge in [0, 0.05) is 0 Å². The summed E-state index contributed by atoms with van der Waals surface area (Å²) in [6, 6.07) is 9.19. The Bertz CT molecular complexity index is 410. The van der Waals surface area contributed by atoms with Crippen molar-refractivity contribution in [2.45, 2.75) is 72.6 Å². The molecule has 0 saturated heterocycles. The Morgan fingerprint density at radius 3 is 1.75 bits per heavy atom.